The van der Waals surface area contributed by atoms with Crippen LogP contribution in [0.25, 0.3) is 0 Å². The van der Waals surface area contributed by atoms with Gasteiger partial charge in [0.05, 0.1) is 19.1 Å². The fourth-order valence-corrected chi connectivity index (χ4v) is 5.41. The minimum atomic E-state index is -0.0983. The van der Waals surface area contributed by atoms with Crippen LogP contribution in [0.15, 0.2) is 24.5 Å². The van der Waals surface area contributed by atoms with E-state index in [0.29, 0.717) is 19.4 Å². The van der Waals surface area contributed by atoms with Crippen molar-refractivity contribution < 1.29 is 14.3 Å². The normalized spacial score (nSPS) is 28.8. The number of nitrogens with one attached hydrogen (secondary N) is 1. The van der Waals surface area contributed by atoms with E-state index in [0.717, 1.165) is 39.0 Å². The van der Waals surface area contributed by atoms with Crippen molar-refractivity contribution in [3.8, 4) is 0 Å². The second-order valence-electron chi connectivity index (χ2n) is 9.29. The zero-order chi connectivity index (χ0) is 21.1. The van der Waals surface area contributed by atoms with Crippen molar-refractivity contribution in [3.63, 3.8) is 0 Å². The van der Waals surface area contributed by atoms with Gasteiger partial charge in [0.1, 0.15) is 0 Å². The standard InChI is InChI=1S/C23H34N4O3/c1-16(2)25-21(28)10-18-14-27(13-17-6-5-7-24-12-17)19-15-30-20(23(18)19)11-22(29)26-8-3-4-9-26/h5-7,12,16,18-20,23H,3-4,8-11,13-15H2,1-2H3,(H,25,28)/t18-,19-,20+,23-/m1/s1. The molecule has 0 radical (unpaired) electrons. The molecule has 0 saturated carbocycles. The SMILES string of the molecule is CC(C)NC(=O)C[C@@H]1CN(Cc2cccnc2)[C@@H]2CO[C@@H](CC(=O)N3CCCC3)[C@H]12. The minimum Gasteiger partial charge on any atom is -0.376 e. The van der Waals surface area contributed by atoms with Gasteiger partial charge in [-0.3, -0.25) is 19.5 Å². The molecular formula is C23H34N4O3. The first-order valence-corrected chi connectivity index (χ1v) is 11.3. The molecule has 2 amide bonds. The van der Waals surface area contributed by atoms with Crippen molar-refractivity contribution in [1.82, 2.24) is 20.1 Å². The highest BCUT2D eigenvalue weighted by Gasteiger charge is 2.51. The van der Waals surface area contributed by atoms with Crippen LogP contribution in [0.1, 0.15) is 45.1 Å². The van der Waals surface area contributed by atoms with E-state index in [1.807, 2.05) is 31.0 Å². The quantitative estimate of drug-likeness (QED) is 0.737. The second kappa shape index (κ2) is 9.43. The number of pyridine rings is 1. The van der Waals surface area contributed by atoms with Crippen LogP contribution in [0.4, 0.5) is 0 Å². The van der Waals surface area contributed by atoms with Gasteiger partial charge in [0.2, 0.25) is 11.8 Å². The average Bonchev–Trinajstić information content (AvgIpc) is 3.43. The number of carbonyl (C=O) groups is 2. The summed E-state index contributed by atoms with van der Waals surface area (Å²) in [6.07, 6.45) is 6.70. The van der Waals surface area contributed by atoms with Gasteiger partial charge in [0, 0.05) is 63.0 Å². The number of ether oxygens (including phenoxy) is 1. The van der Waals surface area contributed by atoms with Gasteiger partial charge in [-0.1, -0.05) is 6.07 Å². The molecule has 1 aromatic heterocycles. The third-order valence-corrected chi connectivity index (χ3v) is 6.68. The summed E-state index contributed by atoms with van der Waals surface area (Å²) in [7, 11) is 0. The highest BCUT2D eigenvalue weighted by Crippen LogP contribution is 2.42. The Kier molecular flexibility index (Phi) is 6.68. The maximum Gasteiger partial charge on any atom is 0.225 e. The Morgan fingerprint density at radius 3 is 2.77 bits per heavy atom. The van der Waals surface area contributed by atoms with Gasteiger partial charge in [-0.25, -0.2) is 0 Å². The zero-order valence-electron chi connectivity index (χ0n) is 18.1. The summed E-state index contributed by atoms with van der Waals surface area (Å²) in [6.45, 7) is 7.99. The van der Waals surface area contributed by atoms with Crippen molar-refractivity contribution >= 4 is 11.8 Å². The molecule has 7 heteroatoms. The maximum absolute atomic E-state index is 12.8. The van der Waals surface area contributed by atoms with Gasteiger partial charge in [0.25, 0.3) is 0 Å². The molecule has 30 heavy (non-hydrogen) atoms. The fraction of sp³-hybridized carbons (Fsp3) is 0.696. The molecule has 4 atom stereocenters. The van der Waals surface area contributed by atoms with Crippen LogP contribution in [-0.2, 0) is 20.9 Å². The predicted molar refractivity (Wildman–Crippen MR) is 113 cm³/mol. The number of nitrogens with zero attached hydrogens (tertiary/aromatic N) is 3. The Hall–Kier alpha value is -1.99. The second-order valence-corrected chi connectivity index (χ2v) is 9.29. The molecule has 3 aliphatic heterocycles. The fourth-order valence-electron chi connectivity index (χ4n) is 5.41. The van der Waals surface area contributed by atoms with E-state index in [1.165, 1.54) is 5.56 Å². The van der Waals surface area contributed by atoms with E-state index in [9.17, 15) is 9.59 Å². The Morgan fingerprint density at radius 1 is 1.27 bits per heavy atom. The van der Waals surface area contributed by atoms with Gasteiger partial charge >= 0.3 is 0 Å². The number of hydrogen-bond donors (Lipinski definition) is 1. The van der Waals surface area contributed by atoms with Crippen LogP contribution in [0.5, 0.6) is 0 Å². The van der Waals surface area contributed by atoms with E-state index >= 15 is 0 Å². The largest absolute Gasteiger partial charge is 0.376 e. The van der Waals surface area contributed by atoms with E-state index in [1.54, 1.807) is 6.20 Å². The number of likely N-dealkylation sites (tertiary alicyclic amines) is 2. The topological polar surface area (TPSA) is 74.8 Å². The van der Waals surface area contributed by atoms with Gasteiger partial charge < -0.3 is 15.0 Å². The first-order chi connectivity index (χ1) is 14.5. The molecule has 0 aliphatic carbocycles. The van der Waals surface area contributed by atoms with Crippen LogP contribution in [-0.4, -0.2) is 71.0 Å². The molecule has 0 aromatic carbocycles. The Labute approximate surface area is 179 Å². The summed E-state index contributed by atoms with van der Waals surface area (Å²) in [5, 5.41) is 3.03. The third-order valence-electron chi connectivity index (χ3n) is 6.68. The minimum absolute atomic E-state index is 0.0912. The van der Waals surface area contributed by atoms with Crippen molar-refractivity contribution in [2.75, 3.05) is 26.2 Å². The number of aromatic nitrogens is 1. The van der Waals surface area contributed by atoms with E-state index in [4.69, 9.17) is 4.74 Å². The molecule has 164 valence electrons. The molecule has 1 N–H and O–H groups in total. The van der Waals surface area contributed by atoms with Crippen LogP contribution in [0, 0.1) is 11.8 Å². The van der Waals surface area contributed by atoms with Gasteiger partial charge in [-0.15, -0.1) is 0 Å². The van der Waals surface area contributed by atoms with E-state index in [2.05, 4.69) is 21.3 Å². The molecule has 0 bridgehead atoms. The van der Waals surface area contributed by atoms with E-state index in [-0.39, 0.29) is 41.8 Å². The molecule has 0 unspecified atom stereocenters. The first kappa shape index (κ1) is 21.2. The number of hydrogen-bond acceptors (Lipinski definition) is 5. The van der Waals surface area contributed by atoms with Gasteiger partial charge in [-0.05, 0) is 44.2 Å². The lowest BCUT2D eigenvalue weighted by molar-refractivity contribution is -0.133. The lowest BCUT2D eigenvalue weighted by Gasteiger charge is -2.25. The van der Waals surface area contributed by atoms with Gasteiger partial charge in [-0.2, -0.15) is 0 Å². The van der Waals surface area contributed by atoms with Crippen molar-refractivity contribution in [3.05, 3.63) is 30.1 Å². The van der Waals surface area contributed by atoms with Crippen molar-refractivity contribution in [2.24, 2.45) is 11.8 Å². The lowest BCUT2D eigenvalue weighted by Crippen LogP contribution is -2.37. The summed E-state index contributed by atoms with van der Waals surface area (Å²) in [6, 6.07) is 4.43. The molecule has 1 aromatic rings. The summed E-state index contributed by atoms with van der Waals surface area (Å²) in [4.78, 5) is 34.0. The third kappa shape index (κ3) is 4.83. The average molecular weight is 415 g/mol. The molecule has 3 fully saturated rings. The first-order valence-electron chi connectivity index (χ1n) is 11.3. The zero-order valence-corrected chi connectivity index (χ0v) is 18.1. The monoisotopic (exact) mass is 414 g/mol. The molecule has 0 spiro atoms. The highest BCUT2D eigenvalue weighted by molar-refractivity contribution is 5.77. The number of rotatable bonds is 7. The summed E-state index contributed by atoms with van der Waals surface area (Å²) in [5.74, 6) is 0.707. The van der Waals surface area contributed by atoms with Crippen LogP contribution < -0.4 is 5.32 Å². The molecule has 3 aliphatic rings. The highest BCUT2D eigenvalue weighted by atomic mass is 16.5. The summed E-state index contributed by atoms with van der Waals surface area (Å²) < 4.78 is 6.17. The Morgan fingerprint density at radius 2 is 2.07 bits per heavy atom. The number of carbonyl (C=O) groups excluding carboxylic acids is 2. The smallest absolute Gasteiger partial charge is 0.225 e. The van der Waals surface area contributed by atoms with Crippen molar-refractivity contribution in [2.45, 2.75) is 64.3 Å². The van der Waals surface area contributed by atoms with Crippen molar-refractivity contribution in [1.29, 1.82) is 0 Å². The number of fused-ring (bicyclic) bond motifs is 1. The molecule has 4 heterocycles. The number of amides is 2. The molecular weight excluding hydrogens is 380 g/mol. The lowest BCUT2D eigenvalue weighted by atomic mass is 9.84. The Bertz CT molecular complexity index is 735. The van der Waals surface area contributed by atoms with E-state index < -0.39 is 0 Å². The van der Waals surface area contributed by atoms with Crippen LogP contribution >= 0.6 is 0 Å². The Balaban J connectivity index is 1.47. The summed E-state index contributed by atoms with van der Waals surface area (Å²) >= 11 is 0. The van der Waals surface area contributed by atoms with Crippen LogP contribution in [0.3, 0.4) is 0 Å². The van der Waals surface area contributed by atoms with Crippen LogP contribution in [0.2, 0.25) is 0 Å². The maximum atomic E-state index is 12.8. The molecule has 3 saturated heterocycles. The predicted octanol–water partition coefficient (Wildman–Crippen LogP) is 1.82. The summed E-state index contributed by atoms with van der Waals surface area (Å²) in [5.41, 5.74) is 1.17. The van der Waals surface area contributed by atoms with Gasteiger partial charge in [0.15, 0.2) is 0 Å². The molecule has 7 nitrogen and oxygen atoms in total. The molecule has 4 rings (SSSR count).